The van der Waals surface area contributed by atoms with Crippen molar-refractivity contribution in [2.24, 2.45) is 5.73 Å². The van der Waals surface area contributed by atoms with Crippen molar-refractivity contribution in [2.75, 3.05) is 7.11 Å². The first kappa shape index (κ1) is 9.86. The van der Waals surface area contributed by atoms with E-state index in [1.165, 1.54) is 7.11 Å². The number of phenols is 1. The highest BCUT2D eigenvalue weighted by molar-refractivity contribution is 5.52. The maximum atomic E-state index is 9.63. The van der Waals surface area contributed by atoms with Crippen LogP contribution in [-0.2, 0) is 6.54 Å². The van der Waals surface area contributed by atoms with Gasteiger partial charge in [-0.2, -0.15) is 0 Å². The summed E-state index contributed by atoms with van der Waals surface area (Å²) in [6, 6.07) is 1.78. The molecule has 0 aliphatic heterocycles. The quantitative estimate of drug-likeness (QED) is 0.726. The Hall–Kier alpha value is -1.22. The summed E-state index contributed by atoms with van der Waals surface area (Å²) < 4.78 is 5.02. The molecule has 1 aromatic carbocycles. The van der Waals surface area contributed by atoms with Gasteiger partial charge in [0.2, 0.25) is 0 Å². The van der Waals surface area contributed by atoms with Gasteiger partial charge in [-0.1, -0.05) is 0 Å². The summed E-state index contributed by atoms with van der Waals surface area (Å²) in [5.74, 6) is 0.695. The second kappa shape index (κ2) is 3.66. The van der Waals surface area contributed by atoms with E-state index in [-0.39, 0.29) is 5.75 Å². The minimum Gasteiger partial charge on any atom is -0.504 e. The van der Waals surface area contributed by atoms with Crippen molar-refractivity contribution in [3.63, 3.8) is 0 Å². The number of benzene rings is 1. The van der Waals surface area contributed by atoms with E-state index in [2.05, 4.69) is 0 Å². The lowest BCUT2D eigenvalue weighted by atomic mass is 10.0. The highest BCUT2D eigenvalue weighted by atomic mass is 16.5. The first-order valence-corrected chi connectivity index (χ1v) is 4.18. The normalized spacial score (nSPS) is 10.2. The smallest absolute Gasteiger partial charge is 0.161 e. The largest absolute Gasteiger partial charge is 0.504 e. The van der Waals surface area contributed by atoms with Gasteiger partial charge in [0.25, 0.3) is 0 Å². The number of hydrogen-bond acceptors (Lipinski definition) is 3. The van der Waals surface area contributed by atoms with Crippen molar-refractivity contribution in [2.45, 2.75) is 20.4 Å². The summed E-state index contributed by atoms with van der Waals surface area (Å²) in [4.78, 5) is 0. The fourth-order valence-electron chi connectivity index (χ4n) is 1.31. The van der Waals surface area contributed by atoms with Crippen LogP contribution in [0.15, 0.2) is 6.07 Å². The Balaban J connectivity index is 3.36. The molecule has 0 saturated carbocycles. The van der Waals surface area contributed by atoms with Gasteiger partial charge in [0, 0.05) is 6.54 Å². The zero-order valence-corrected chi connectivity index (χ0v) is 8.22. The fraction of sp³-hybridized carbons (Fsp3) is 0.400. The number of ether oxygens (including phenoxy) is 1. The third-order valence-corrected chi connectivity index (χ3v) is 2.38. The van der Waals surface area contributed by atoms with Gasteiger partial charge in [-0.3, -0.25) is 0 Å². The van der Waals surface area contributed by atoms with Crippen LogP contribution in [-0.4, -0.2) is 12.2 Å². The Morgan fingerprint density at radius 2 is 2.00 bits per heavy atom. The van der Waals surface area contributed by atoms with E-state index in [0.717, 1.165) is 16.7 Å². The van der Waals surface area contributed by atoms with Crippen molar-refractivity contribution in [3.05, 3.63) is 22.8 Å². The summed E-state index contributed by atoms with van der Waals surface area (Å²) in [6.45, 7) is 4.26. The molecule has 1 rings (SSSR count). The van der Waals surface area contributed by atoms with E-state index in [4.69, 9.17) is 10.5 Å². The Labute approximate surface area is 78.1 Å². The van der Waals surface area contributed by atoms with E-state index < -0.39 is 0 Å². The number of rotatable bonds is 2. The molecule has 3 nitrogen and oxygen atoms in total. The maximum absolute atomic E-state index is 9.63. The van der Waals surface area contributed by atoms with E-state index >= 15 is 0 Å². The fourth-order valence-corrected chi connectivity index (χ4v) is 1.31. The van der Waals surface area contributed by atoms with Crippen LogP contribution in [0.4, 0.5) is 0 Å². The Kier molecular flexibility index (Phi) is 2.78. The Morgan fingerprint density at radius 3 is 2.46 bits per heavy atom. The predicted molar refractivity (Wildman–Crippen MR) is 52.0 cm³/mol. The second-order valence-electron chi connectivity index (χ2n) is 3.04. The molecule has 13 heavy (non-hydrogen) atoms. The molecule has 0 heterocycles. The highest BCUT2D eigenvalue weighted by Gasteiger charge is 2.10. The van der Waals surface area contributed by atoms with Gasteiger partial charge in [-0.15, -0.1) is 0 Å². The van der Waals surface area contributed by atoms with Crippen LogP contribution in [0.3, 0.4) is 0 Å². The molecule has 0 atom stereocenters. The van der Waals surface area contributed by atoms with Gasteiger partial charge < -0.3 is 15.6 Å². The van der Waals surface area contributed by atoms with Gasteiger partial charge in [0.05, 0.1) is 7.11 Å². The summed E-state index contributed by atoms with van der Waals surface area (Å²) in [5, 5.41) is 9.63. The van der Waals surface area contributed by atoms with Gasteiger partial charge in [-0.05, 0) is 36.6 Å². The van der Waals surface area contributed by atoms with Crippen molar-refractivity contribution in [3.8, 4) is 11.5 Å². The molecule has 0 aromatic heterocycles. The molecule has 0 aliphatic carbocycles. The monoisotopic (exact) mass is 181 g/mol. The molecule has 3 N–H and O–H groups in total. The van der Waals surface area contributed by atoms with Gasteiger partial charge in [-0.25, -0.2) is 0 Å². The van der Waals surface area contributed by atoms with E-state index in [1.54, 1.807) is 6.07 Å². The topological polar surface area (TPSA) is 55.5 Å². The van der Waals surface area contributed by atoms with Gasteiger partial charge in [0.15, 0.2) is 11.5 Å². The van der Waals surface area contributed by atoms with Crippen molar-refractivity contribution in [1.29, 1.82) is 0 Å². The molecular formula is C10H15NO2. The van der Waals surface area contributed by atoms with Crippen LogP contribution in [0.1, 0.15) is 16.7 Å². The summed E-state index contributed by atoms with van der Waals surface area (Å²) in [7, 11) is 1.53. The van der Waals surface area contributed by atoms with Crippen molar-refractivity contribution < 1.29 is 9.84 Å². The molecule has 0 fully saturated rings. The first-order valence-electron chi connectivity index (χ1n) is 4.18. The third-order valence-electron chi connectivity index (χ3n) is 2.38. The Bertz CT molecular complexity index is 293. The lowest BCUT2D eigenvalue weighted by Gasteiger charge is -2.12. The lowest BCUT2D eigenvalue weighted by molar-refractivity contribution is 0.371. The molecule has 3 heteroatoms. The van der Waals surface area contributed by atoms with E-state index in [1.807, 2.05) is 13.8 Å². The number of methoxy groups -OCH3 is 1. The molecule has 0 bridgehead atoms. The SMILES string of the molecule is COc1cc(CN)c(C)c(C)c1O. The number of nitrogens with two attached hydrogens (primary N) is 1. The zero-order chi connectivity index (χ0) is 10.0. The zero-order valence-electron chi connectivity index (χ0n) is 8.22. The van der Waals surface area contributed by atoms with Crippen LogP contribution in [0.5, 0.6) is 11.5 Å². The number of phenolic OH excluding ortho intramolecular Hbond substituents is 1. The molecular weight excluding hydrogens is 166 g/mol. The summed E-state index contributed by atoms with van der Waals surface area (Å²) >= 11 is 0. The molecule has 0 radical (unpaired) electrons. The van der Waals surface area contributed by atoms with Crippen LogP contribution >= 0.6 is 0 Å². The lowest BCUT2D eigenvalue weighted by Crippen LogP contribution is -2.02. The molecule has 1 aromatic rings. The van der Waals surface area contributed by atoms with Crippen molar-refractivity contribution >= 4 is 0 Å². The molecule has 72 valence electrons. The third kappa shape index (κ3) is 1.60. The van der Waals surface area contributed by atoms with Gasteiger partial charge >= 0.3 is 0 Å². The predicted octanol–water partition coefficient (Wildman–Crippen LogP) is 1.48. The second-order valence-corrected chi connectivity index (χ2v) is 3.04. The average molecular weight is 181 g/mol. The van der Waals surface area contributed by atoms with Crippen LogP contribution in [0.2, 0.25) is 0 Å². The number of hydrogen-bond donors (Lipinski definition) is 2. The minimum atomic E-state index is 0.206. The summed E-state index contributed by atoms with van der Waals surface area (Å²) in [5.41, 5.74) is 8.42. The molecule has 0 amide bonds. The van der Waals surface area contributed by atoms with Crippen LogP contribution < -0.4 is 10.5 Å². The Morgan fingerprint density at radius 1 is 1.38 bits per heavy atom. The molecule has 0 aliphatic rings. The average Bonchev–Trinajstić information content (AvgIpc) is 2.15. The minimum absolute atomic E-state index is 0.206. The standard InChI is InChI=1S/C10H15NO2/c1-6-7(2)10(12)9(13-3)4-8(6)5-11/h4,12H,5,11H2,1-3H3. The first-order chi connectivity index (χ1) is 6.11. The van der Waals surface area contributed by atoms with Crippen LogP contribution in [0.25, 0.3) is 0 Å². The summed E-state index contributed by atoms with van der Waals surface area (Å²) in [6.07, 6.45) is 0. The number of aromatic hydroxyl groups is 1. The molecule has 0 saturated heterocycles. The molecule has 0 spiro atoms. The maximum Gasteiger partial charge on any atom is 0.161 e. The van der Waals surface area contributed by atoms with Gasteiger partial charge in [0.1, 0.15) is 0 Å². The highest BCUT2D eigenvalue weighted by Crippen LogP contribution is 2.33. The molecule has 0 unspecified atom stereocenters. The van der Waals surface area contributed by atoms with Crippen molar-refractivity contribution in [1.82, 2.24) is 0 Å². The van der Waals surface area contributed by atoms with Crippen LogP contribution in [0, 0.1) is 13.8 Å². The van der Waals surface area contributed by atoms with E-state index in [9.17, 15) is 5.11 Å². The van der Waals surface area contributed by atoms with E-state index in [0.29, 0.717) is 12.3 Å².